The van der Waals surface area contributed by atoms with Crippen molar-refractivity contribution < 1.29 is 4.42 Å². The van der Waals surface area contributed by atoms with E-state index in [2.05, 4.69) is 10.3 Å². The number of para-hydroxylation sites is 1. The molecule has 0 radical (unpaired) electrons. The second kappa shape index (κ2) is 4.49. The van der Waals surface area contributed by atoms with E-state index in [1.54, 1.807) is 0 Å². The molecule has 3 N–H and O–H groups in total. The fraction of sp³-hybridized carbons (Fsp3) is 0.417. The van der Waals surface area contributed by atoms with Crippen LogP contribution in [-0.2, 0) is 0 Å². The average molecular weight is 249 g/mol. The molecule has 90 valence electrons. The molecule has 0 amide bonds. The summed E-state index contributed by atoms with van der Waals surface area (Å²) in [6.45, 7) is 0.914. The molecular formula is C12H15N3OS. The van der Waals surface area contributed by atoms with Crippen molar-refractivity contribution in [2.24, 2.45) is 0 Å². The van der Waals surface area contributed by atoms with Gasteiger partial charge in [-0.1, -0.05) is 6.07 Å². The molecule has 1 saturated heterocycles. The van der Waals surface area contributed by atoms with Crippen LogP contribution in [0.4, 0.5) is 11.7 Å². The minimum Gasteiger partial charge on any atom is -0.423 e. The molecule has 4 nitrogen and oxygen atoms in total. The van der Waals surface area contributed by atoms with Crippen LogP contribution in [0.25, 0.3) is 11.1 Å². The zero-order valence-electron chi connectivity index (χ0n) is 9.48. The largest absolute Gasteiger partial charge is 0.423 e. The Kier molecular flexibility index (Phi) is 2.84. The Morgan fingerprint density at radius 1 is 1.53 bits per heavy atom. The third-order valence-electron chi connectivity index (χ3n) is 2.96. The van der Waals surface area contributed by atoms with Gasteiger partial charge in [0.15, 0.2) is 5.58 Å². The zero-order valence-corrected chi connectivity index (χ0v) is 10.3. The Morgan fingerprint density at radius 3 is 3.24 bits per heavy atom. The molecule has 0 bridgehead atoms. The van der Waals surface area contributed by atoms with Gasteiger partial charge in [0.1, 0.15) is 5.52 Å². The van der Waals surface area contributed by atoms with Crippen LogP contribution >= 0.6 is 11.8 Å². The quantitative estimate of drug-likeness (QED) is 0.819. The van der Waals surface area contributed by atoms with Crippen LogP contribution in [0.15, 0.2) is 22.6 Å². The number of fused-ring (bicyclic) bond motifs is 1. The van der Waals surface area contributed by atoms with Crippen molar-refractivity contribution >= 4 is 34.6 Å². The van der Waals surface area contributed by atoms with Gasteiger partial charge >= 0.3 is 0 Å². The molecule has 1 fully saturated rings. The molecule has 1 aromatic heterocycles. The number of anilines is 2. The number of hydrogen-bond acceptors (Lipinski definition) is 5. The average Bonchev–Trinajstić information content (AvgIpc) is 2.95. The number of nitrogen functional groups attached to an aromatic ring is 1. The topological polar surface area (TPSA) is 64.1 Å². The third kappa shape index (κ3) is 2.20. The molecule has 5 heteroatoms. The number of nitrogens with zero attached hydrogens (tertiary/aromatic N) is 1. The molecule has 0 aliphatic carbocycles. The molecule has 1 atom stereocenters. The van der Waals surface area contributed by atoms with Gasteiger partial charge in [0.25, 0.3) is 6.01 Å². The predicted octanol–water partition coefficient (Wildman–Crippen LogP) is 2.72. The van der Waals surface area contributed by atoms with Crippen LogP contribution in [0.1, 0.15) is 12.8 Å². The second-order valence-electron chi connectivity index (χ2n) is 4.23. The van der Waals surface area contributed by atoms with Crippen molar-refractivity contribution in [2.75, 3.05) is 23.3 Å². The molecular weight excluding hydrogens is 234 g/mol. The van der Waals surface area contributed by atoms with E-state index in [0.717, 1.165) is 17.6 Å². The Balaban J connectivity index is 1.74. The number of thioether (sulfide) groups is 1. The lowest BCUT2D eigenvalue weighted by atomic mass is 10.2. The minimum absolute atomic E-state index is 0.574. The number of rotatable bonds is 3. The minimum atomic E-state index is 0.574. The highest BCUT2D eigenvalue weighted by molar-refractivity contribution is 8.00. The van der Waals surface area contributed by atoms with Crippen molar-refractivity contribution in [1.29, 1.82) is 0 Å². The van der Waals surface area contributed by atoms with Gasteiger partial charge in [-0.05, 0) is 30.7 Å². The predicted molar refractivity (Wildman–Crippen MR) is 72.4 cm³/mol. The van der Waals surface area contributed by atoms with Gasteiger partial charge in [-0.2, -0.15) is 16.7 Å². The monoisotopic (exact) mass is 249 g/mol. The van der Waals surface area contributed by atoms with Crippen LogP contribution < -0.4 is 11.1 Å². The van der Waals surface area contributed by atoms with E-state index in [9.17, 15) is 0 Å². The molecule has 2 aromatic rings. The summed E-state index contributed by atoms with van der Waals surface area (Å²) in [6.07, 6.45) is 2.59. The summed E-state index contributed by atoms with van der Waals surface area (Å²) in [6, 6.07) is 6.17. The molecule has 0 saturated carbocycles. The fourth-order valence-corrected chi connectivity index (χ4v) is 3.25. The van der Waals surface area contributed by atoms with Gasteiger partial charge < -0.3 is 15.5 Å². The highest BCUT2D eigenvalue weighted by Gasteiger charge is 2.16. The first kappa shape index (κ1) is 10.8. The highest BCUT2D eigenvalue weighted by atomic mass is 32.2. The molecule has 0 spiro atoms. The van der Waals surface area contributed by atoms with E-state index in [0.29, 0.717) is 17.0 Å². The van der Waals surface area contributed by atoms with Crippen molar-refractivity contribution in [3.63, 3.8) is 0 Å². The van der Waals surface area contributed by atoms with Gasteiger partial charge in [-0.3, -0.25) is 0 Å². The van der Waals surface area contributed by atoms with E-state index in [-0.39, 0.29) is 0 Å². The Hall–Kier alpha value is -1.36. The molecule has 3 rings (SSSR count). The Labute approximate surface area is 104 Å². The number of oxazole rings is 1. The Bertz CT molecular complexity index is 519. The number of aromatic nitrogens is 1. The third-order valence-corrected chi connectivity index (χ3v) is 4.35. The number of nitrogens with two attached hydrogens (primary N) is 1. The SMILES string of the molecule is Nc1cccc2oc(NCC3CCCS3)nc12. The van der Waals surface area contributed by atoms with E-state index >= 15 is 0 Å². The second-order valence-corrected chi connectivity index (χ2v) is 5.64. The standard InChI is InChI=1S/C12H15N3OS/c13-9-4-1-5-10-11(9)15-12(16-10)14-7-8-3-2-6-17-8/h1,4-5,8H,2-3,6-7,13H2,(H,14,15). The highest BCUT2D eigenvalue weighted by Crippen LogP contribution is 2.27. The van der Waals surface area contributed by atoms with Gasteiger partial charge in [0.05, 0.1) is 5.69 Å². The van der Waals surface area contributed by atoms with Gasteiger partial charge in [-0.25, -0.2) is 0 Å². The summed E-state index contributed by atoms with van der Waals surface area (Å²) >= 11 is 2.02. The summed E-state index contributed by atoms with van der Waals surface area (Å²) < 4.78 is 5.60. The first-order valence-corrected chi connectivity index (χ1v) is 6.88. The van der Waals surface area contributed by atoms with E-state index in [4.69, 9.17) is 10.2 Å². The normalized spacial score (nSPS) is 19.9. The summed E-state index contributed by atoms with van der Waals surface area (Å²) in [5, 5.41) is 3.93. The van der Waals surface area contributed by atoms with E-state index < -0.39 is 0 Å². The fourth-order valence-electron chi connectivity index (χ4n) is 2.05. The van der Waals surface area contributed by atoms with E-state index in [1.165, 1.54) is 18.6 Å². The lowest BCUT2D eigenvalue weighted by Crippen LogP contribution is -2.13. The molecule has 1 unspecified atom stereocenters. The van der Waals surface area contributed by atoms with Gasteiger partial charge in [-0.15, -0.1) is 0 Å². The lowest BCUT2D eigenvalue weighted by molar-refractivity contribution is 0.612. The molecule has 17 heavy (non-hydrogen) atoms. The van der Waals surface area contributed by atoms with Crippen LogP contribution in [0, 0.1) is 0 Å². The van der Waals surface area contributed by atoms with Gasteiger partial charge in [0, 0.05) is 11.8 Å². The van der Waals surface area contributed by atoms with E-state index in [1.807, 2.05) is 30.0 Å². The van der Waals surface area contributed by atoms with Crippen molar-refractivity contribution in [3.8, 4) is 0 Å². The summed E-state index contributed by atoms with van der Waals surface area (Å²) in [7, 11) is 0. The maximum atomic E-state index is 5.83. The Morgan fingerprint density at radius 2 is 2.47 bits per heavy atom. The van der Waals surface area contributed by atoms with Crippen molar-refractivity contribution in [3.05, 3.63) is 18.2 Å². The maximum absolute atomic E-state index is 5.83. The van der Waals surface area contributed by atoms with Crippen LogP contribution in [0.2, 0.25) is 0 Å². The van der Waals surface area contributed by atoms with Crippen molar-refractivity contribution in [2.45, 2.75) is 18.1 Å². The summed E-state index contributed by atoms with van der Waals surface area (Å²) in [5.74, 6) is 1.27. The smallest absolute Gasteiger partial charge is 0.295 e. The molecule has 1 aliphatic heterocycles. The molecule has 1 aliphatic rings. The zero-order chi connectivity index (χ0) is 11.7. The first-order chi connectivity index (χ1) is 8.33. The van der Waals surface area contributed by atoms with Crippen molar-refractivity contribution in [1.82, 2.24) is 4.98 Å². The molecule has 2 heterocycles. The first-order valence-electron chi connectivity index (χ1n) is 5.83. The number of nitrogens with one attached hydrogen (secondary N) is 1. The number of hydrogen-bond donors (Lipinski definition) is 2. The maximum Gasteiger partial charge on any atom is 0.295 e. The van der Waals surface area contributed by atoms with Crippen LogP contribution in [-0.4, -0.2) is 22.5 Å². The molecule has 1 aromatic carbocycles. The van der Waals surface area contributed by atoms with Crippen LogP contribution in [0.5, 0.6) is 0 Å². The van der Waals surface area contributed by atoms with Crippen LogP contribution in [0.3, 0.4) is 0 Å². The summed E-state index contributed by atoms with van der Waals surface area (Å²) in [4.78, 5) is 4.36. The van der Waals surface area contributed by atoms with Gasteiger partial charge in [0.2, 0.25) is 0 Å². The summed E-state index contributed by atoms with van der Waals surface area (Å²) in [5.41, 5.74) is 7.98. The lowest BCUT2D eigenvalue weighted by Gasteiger charge is -2.07. The number of benzene rings is 1.